The number of ether oxygens (including phenoxy) is 1. The van der Waals surface area contributed by atoms with Crippen molar-refractivity contribution in [1.29, 1.82) is 5.53 Å². The molecule has 1 amide bonds. The predicted octanol–water partition coefficient (Wildman–Crippen LogP) is 3.29. The van der Waals surface area contributed by atoms with Crippen LogP contribution in [0.25, 0.3) is 0 Å². The van der Waals surface area contributed by atoms with Crippen LogP contribution in [0.1, 0.15) is 62.6 Å². The summed E-state index contributed by atoms with van der Waals surface area (Å²) in [5.74, 6) is 0.529. The topological polar surface area (TPSA) is 110 Å². The van der Waals surface area contributed by atoms with Crippen molar-refractivity contribution < 1.29 is 14.3 Å². The van der Waals surface area contributed by atoms with Crippen LogP contribution >= 0.6 is 0 Å². The Labute approximate surface area is 199 Å². The maximum Gasteiger partial charge on any atom is 0.336 e. The van der Waals surface area contributed by atoms with Gasteiger partial charge in [0, 0.05) is 30.7 Å². The maximum absolute atomic E-state index is 13.6. The molecule has 1 aromatic rings. The van der Waals surface area contributed by atoms with Gasteiger partial charge in [-0.3, -0.25) is 9.69 Å². The summed E-state index contributed by atoms with van der Waals surface area (Å²) in [6, 6.07) is 6.91. The maximum atomic E-state index is 13.6. The van der Waals surface area contributed by atoms with Gasteiger partial charge in [-0.15, -0.1) is 5.10 Å². The van der Waals surface area contributed by atoms with Gasteiger partial charge >= 0.3 is 5.97 Å². The van der Waals surface area contributed by atoms with E-state index in [0.717, 1.165) is 49.9 Å². The minimum atomic E-state index is -0.312. The molecule has 4 aliphatic rings. The van der Waals surface area contributed by atoms with Crippen LogP contribution in [-0.2, 0) is 27.4 Å². The molecule has 1 saturated heterocycles. The van der Waals surface area contributed by atoms with E-state index in [1.54, 1.807) is 6.92 Å². The predicted molar refractivity (Wildman–Crippen MR) is 126 cm³/mol. The highest BCUT2D eigenvalue weighted by molar-refractivity contribution is 6.02. The number of nitrogens with zero attached hydrogens (tertiary/aromatic N) is 4. The number of hydrogen-bond acceptors (Lipinski definition) is 6. The van der Waals surface area contributed by atoms with E-state index in [9.17, 15) is 9.59 Å². The first kappa shape index (κ1) is 22.7. The number of rotatable bonds is 5. The Morgan fingerprint density at radius 2 is 2.06 bits per heavy atom. The van der Waals surface area contributed by atoms with Gasteiger partial charge in [0.25, 0.3) is 0 Å². The molecule has 3 heterocycles. The van der Waals surface area contributed by atoms with Gasteiger partial charge in [0.15, 0.2) is 5.84 Å². The van der Waals surface area contributed by atoms with E-state index in [1.807, 2.05) is 4.90 Å². The Morgan fingerprint density at radius 3 is 2.74 bits per heavy atom. The molecule has 2 fully saturated rings. The molecule has 0 unspecified atom stereocenters. The molecule has 3 aliphatic heterocycles. The minimum Gasteiger partial charge on any atom is -0.456 e. The second-order valence-electron chi connectivity index (χ2n) is 10.2. The molecular formula is C25H32N6O3. The van der Waals surface area contributed by atoms with Gasteiger partial charge in [0.1, 0.15) is 6.61 Å². The van der Waals surface area contributed by atoms with Crippen LogP contribution < -0.4 is 5.32 Å². The van der Waals surface area contributed by atoms with Crippen LogP contribution in [0.5, 0.6) is 0 Å². The molecule has 9 nitrogen and oxygen atoms in total. The third kappa shape index (κ3) is 3.72. The summed E-state index contributed by atoms with van der Waals surface area (Å²) in [7, 11) is 2.17. The molecule has 1 atom stereocenters. The van der Waals surface area contributed by atoms with Crippen molar-refractivity contribution in [2.45, 2.75) is 71.1 Å². The number of esters is 1. The second-order valence-corrected chi connectivity index (χ2v) is 10.2. The van der Waals surface area contributed by atoms with Crippen molar-refractivity contribution in [3.8, 4) is 0 Å². The standard InChI is InChI=1S/C25H32N6O3/c1-15-11-25(24(33)31(15)21-14-34-23(32)16(21)2)8-6-19(7-9-25)30(3)13-17-4-5-20-18(10-17)12-27-22(20)28-29-26/h4-5,10,15,19H,6-9,11-14H2,1-3H3,(H2,26,27,28)/t15-,19-,25-/m0/s1. The average Bonchev–Trinajstić information content (AvgIpc) is 3.44. The number of cyclic esters (lactones) is 1. The number of likely N-dealkylation sites (tertiary alicyclic amines) is 1. The van der Waals surface area contributed by atoms with Gasteiger partial charge in [0.05, 0.1) is 16.7 Å². The lowest BCUT2D eigenvalue weighted by molar-refractivity contribution is -0.139. The van der Waals surface area contributed by atoms with Crippen LogP contribution in [0, 0.1) is 10.9 Å². The van der Waals surface area contributed by atoms with Crippen LogP contribution in [0.4, 0.5) is 0 Å². The van der Waals surface area contributed by atoms with Gasteiger partial charge in [-0.05, 0) is 64.1 Å². The molecule has 1 saturated carbocycles. The first-order valence-electron chi connectivity index (χ1n) is 12.0. The van der Waals surface area contributed by atoms with Gasteiger partial charge in [-0.1, -0.05) is 23.4 Å². The average molecular weight is 465 g/mol. The van der Waals surface area contributed by atoms with E-state index in [1.165, 1.54) is 11.1 Å². The smallest absolute Gasteiger partial charge is 0.336 e. The summed E-state index contributed by atoms with van der Waals surface area (Å²) in [4.78, 5) is 29.7. The normalized spacial score (nSPS) is 29.9. The fraction of sp³-hybridized carbons (Fsp3) is 0.560. The number of amides is 1. The molecule has 1 aromatic carbocycles. The SMILES string of the molecule is CC1=C(N2C(=O)[C@]3(CC[C@H](N(C)Cc4ccc5c(c4)CN/C5=N\N=N)CC3)C[C@@H]2C)COC1=O. The molecule has 0 radical (unpaired) electrons. The van der Waals surface area contributed by atoms with Crippen molar-refractivity contribution >= 4 is 17.7 Å². The van der Waals surface area contributed by atoms with Crippen molar-refractivity contribution in [3.63, 3.8) is 0 Å². The molecule has 5 rings (SSSR count). The second kappa shape index (κ2) is 8.61. The Kier molecular flexibility index (Phi) is 5.75. The van der Waals surface area contributed by atoms with Crippen molar-refractivity contribution in [3.05, 3.63) is 46.2 Å². The monoisotopic (exact) mass is 464 g/mol. The molecule has 180 valence electrons. The zero-order valence-electron chi connectivity index (χ0n) is 20.1. The lowest BCUT2D eigenvalue weighted by Gasteiger charge is -2.39. The van der Waals surface area contributed by atoms with Gasteiger partial charge in [0.2, 0.25) is 5.91 Å². The van der Waals surface area contributed by atoms with E-state index in [-0.39, 0.29) is 29.9 Å². The summed E-state index contributed by atoms with van der Waals surface area (Å²) in [5, 5.41) is 10.2. The number of carbonyl (C=O) groups excluding carboxylic acids is 2. The van der Waals surface area contributed by atoms with Gasteiger partial charge in [-0.25, -0.2) is 4.79 Å². The Bertz CT molecular complexity index is 1100. The molecule has 2 N–H and O–H groups in total. The lowest BCUT2D eigenvalue weighted by atomic mass is 9.70. The molecule has 34 heavy (non-hydrogen) atoms. The minimum absolute atomic E-state index is 0.0949. The van der Waals surface area contributed by atoms with Crippen molar-refractivity contribution in [1.82, 2.24) is 15.1 Å². The molecule has 1 aliphatic carbocycles. The molecule has 9 heteroatoms. The summed E-state index contributed by atoms with van der Waals surface area (Å²) in [5.41, 5.74) is 11.4. The number of fused-ring (bicyclic) bond motifs is 1. The van der Waals surface area contributed by atoms with Crippen molar-refractivity contribution in [2.75, 3.05) is 13.7 Å². The van der Waals surface area contributed by atoms with Crippen LogP contribution in [0.2, 0.25) is 0 Å². The number of carbonyl (C=O) groups is 2. The Balaban J connectivity index is 1.23. The summed E-state index contributed by atoms with van der Waals surface area (Å²) in [6.07, 6.45) is 4.59. The number of benzene rings is 1. The lowest BCUT2D eigenvalue weighted by Crippen LogP contribution is -2.42. The Morgan fingerprint density at radius 1 is 1.29 bits per heavy atom. The van der Waals surface area contributed by atoms with E-state index < -0.39 is 0 Å². The van der Waals surface area contributed by atoms with Crippen molar-refractivity contribution in [2.24, 2.45) is 15.7 Å². The van der Waals surface area contributed by atoms with Gasteiger partial charge < -0.3 is 15.0 Å². The Hall–Kier alpha value is -3.07. The van der Waals surface area contributed by atoms with E-state index >= 15 is 0 Å². The highest BCUT2D eigenvalue weighted by atomic mass is 16.5. The summed E-state index contributed by atoms with van der Waals surface area (Å²) < 4.78 is 5.18. The number of nitrogens with one attached hydrogen (secondary N) is 2. The molecular weight excluding hydrogens is 432 g/mol. The molecule has 0 aromatic heterocycles. The van der Waals surface area contributed by atoms with Crippen LogP contribution in [-0.4, -0.2) is 53.3 Å². The molecule has 1 spiro atoms. The first-order valence-corrected chi connectivity index (χ1v) is 12.0. The summed E-state index contributed by atoms with van der Waals surface area (Å²) >= 11 is 0. The number of hydrogen-bond donors (Lipinski definition) is 2. The number of amidine groups is 1. The quantitative estimate of drug-likeness (QED) is 0.395. The highest BCUT2D eigenvalue weighted by Gasteiger charge is 2.53. The van der Waals surface area contributed by atoms with Crippen LogP contribution in [0.15, 0.2) is 39.8 Å². The molecule has 0 bridgehead atoms. The summed E-state index contributed by atoms with van der Waals surface area (Å²) in [6.45, 7) is 5.61. The van der Waals surface area contributed by atoms with Crippen LogP contribution in [0.3, 0.4) is 0 Å². The fourth-order valence-electron chi connectivity index (χ4n) is 6.27. The highest BCUT2D eigenvalue weighted by Crippen LogP contribution is 2.49. The van der Waals surface area contributed by atoms with Gasteiger partial charge in [-0.2, -0.15) is 5.53 Å². The first-order chi connectivity index (χ1) is 16.3. The zero-order valence-corrected chi connectivity index (χ0v) is 20.1. The third-order valence-corrected chi connectivity index (χ3v) is 8.16. The fourth-order valence-corrected chi connectivity index (χ4v) is 6.27. The van der Waals surface area contributed by atoms with E-state index in [2.05, 4.69) is 52.7 Å². The van der Waals surface area contributed by atoms with E-state index in [4.69, 9.17) is 10.3 Å². The third-order valence-electron chi connectivity index (χ3n) is 8.16. The van der Waals surface area contributed by atoms with E-state index in [0.29, 0.717) is 24.0 Å². The largest absolute Gasteiger partial charge is 0.456 e. The zero-order chi connectivity index (χ0) is 24.0.